The van der Waals surface area contributed by atoms with Gasteiger partial charge in [-0.15, -0.1) is 0 Å². The van der Waals surface area contributed by atoms with E-state index in [0.717, 1.165) is 28.1 Å². The van der Waals surface area contributed by atoms with Gasteiger partial charge in [0.25, 0.3) is 0 Å². The summed E-state index contributed by atoms with van der Waals surface area (Å²) in [5.74, 6) is 1.56. The van der Waals surface area contributed by atoms with Gasteiger partial charge >= 0.3 is 0 Å². The Morgan fingerprint density at radius 2 is 2.00 bits per heavy atom. The average Bonchev–Trinajstić information content (AvgIpc) is 2.30. The summed E-state index contributed by atoms with van der Waals surface area (Å²) in [6.07, 6.45) is 3.98. The fourth-order valence-corrected chi connectivity index (χ4v) is 2.86. The van der Waals surface area contributed by atoms with Gasteiger partial charge in [-0.1, -0.05) is 44.4 Å². The maximum absolute atomic E-state index is 6.16. The maximum atomic E-state index is 6.16. The van der Waals surface area contributed by atoms with Crippen LogP contribution in [0, 0.1) is 18.8 Å². The van der Waals surface area contributed by atoms with Crippen LogP contribution in [0.25, 0.3) is 0 Å². The van der Waals surface area contributed by atoms with Crippen LogP contribution in [0.5, 0.6) is 0 Å². The Morgan fingerprint density at radius 1 is 1.24 bits per heavy atom. The summed E-state index contributed by atoms with van der Waals surface area (Å²) in [5, 5.41) is 4.50. The van der Waals surface area contributed by atoms with Gasteiger partial charge in [-0.25, -0.2) is 0 Å². The van der Waals surface area contributed by atoms with E-state index >= 15 is 0 Å². The fourth-order valence-electron chi connectivity index (χ4n) is 2.68. The van der Waals surface area contributed by atoms with Gasteiger partial charge < -0.3 is 5.32 Å². The monoisotopic (exact) mass is 251 g/mol. The third-order valence-corrected chi connectivity index (χ3v) is 4.64. The number of aryl methyl sites for hydroxylation is 1. The molecule has 1 fully saturated rings. The summed E-state index contributed by atoms with van der Waals surface area (Å²) in [5.41, 5.74) is 2.30. The van der Waals surface area contributed by atoms with Gasteiger partial charge in [0.15, 0.2) is 0 Å². The molecule has 3 atom stereocenters. The molecule has 0 radical (unpaired) electrons. The molecule has 2 heteroatoms. The average molecular weight is 252 g/mol. The molecule has 3 unspecified atom stereocenters. The standard InChI is InChI=1S/C15H22ClN/c1-10-5-4-6-15(12(10)3)17-13-8-7-11(2)14(16)9-13/h7-10,12,15,17H,4-6H2,1-3H3. The Labute approximate surface area is 110 Å². The third-order valence-electron chi connectivity index (χ3n) is 4.23. The van der Waals surface area contributed by atoms with Crippen molar-refractivity contribution >= 4 is 17.3 Å². The summed E-state index contributed by atoms with van der Waals surface area (Å²) >= 11 is 6.16. The molecule has 0 aromatic heterocycles. The molecule has 1 aromatic carbocycles. The molecule has 0 heterocycles. The molecule has 1 N–H and O–H groups in total. The van der Waals surface area contributed by atoms with Crippen LogP contribution in [0.1, 0.15) is 38.7 Å². The molecular formula is C15H22ClN. The van der Waals surface area contributed by atoms with Crippen molar-refractivity contribution in [1.82, 2.24) is 0 Å². The number of rotatable bonds is 2. The highest BCUT2D eigenvalue weighted by atomic mass is 35.5. The molecule has 1 aromatic rings. The lowest BCUT2D eigenvalue weighted by Crippen LogP contribution is -2.34. The van der Waals surface area contributed by atoms with Gasteiger partial charge in [0, 0.05) is 16.8 Å². The zero-order valence-electron chi connectivity index (χ0n) is 11.0. The summed E-state index contributed by atoms with van der Waals surface area (Å²) in [6.45, 7) is 6.76. The molecule has 1 aliphatic rings. The summed E-state index contributed by atoms with van der Waals surface area (Å²) in [6, 6.07) is 6.86. The minimum atomic E-state index is 0.595. The fraction of sp³-hybridized carbons (Fsp3) is 0.600. The molecule has 1 saturated carbocycles. The number of nitrogens with one attached hydrogen (secondary N) is 1. The van der Waals surface area contributed by atoms with Crippen LogP contribution in [0.2, 0.25) is 5.02 Å². The molecule has 94 valence electrons. The van der Waals surface area contributed by atoms with E-state index < -0.39 is 0 Å². The predicted molar refractivity (Wildman–Crippen MR) is 75.8 cm³/mol. The Morgan fingerprint density at radius 3 is 2.71 bits per heavy atom. The minimum absolute atomic E-state index is 0.595. The van der Waals surface area contributed by atoms with Crippen molar-refractivity contribution in [3.8, 4) is 0 Å². The molecule has 0 saturated heterocycles. The van der Waals surface area contributed by atoms with E-state index in [-0.39, 0.29) is 0 Å². The minimum Gasteiger partial charge on any atom is -0.382 e. The highest BCUT2D eigenvalue weighted by Gasteiger charge is 2.26. The van der Waals surface area contributed by atoms with E-state index in [2.05, 4.69) is 31.3 Å². The zero-order chi connectivity index (χ0) is 12.4. The smallest absolute Gasteiger partial charge is 0.0455 e. The number of halogens is 1. The first-order valence-electron chi connectivity index (χ1n) is 6.60. The first-order valence-corrected chi connectivity index (χ1v) is 6.98. The summed E-state index contributed by atoms with van der Waals surface area (Å²) in [4.78, 5) is 0. The van der Waals surface area contributed by atoms with Gasteiger partial charge in [0.05, 0.1) is 0 Å². The van der Waals surface area contributed by atoms with E-state index in [9.17, 15) is 0 Å². The second-order valence-electron chi connectivity index (χ2n) is 5.48. The van der Waals surface area contributed by atoms with Crippen LogP contribution in [0.15, 0.2) is 18.2 Å². The predicted octanol–water partition coefficient (Wildman–Crippen LogP) is 4.89. The molecule has 0 aliphatic heterocycles. The maximum Gasteiger partial charge on any atom is 0.0455 e. The van der Waals surface area contributed by atoms with E-state index in [0.29, 0.717) is 6.04 Å². The topological polar surface area (TPSA) is 12.0 Å². The van der Waals surface area contributed by atoms with E-state index in [4.69, 9.17) is 11.6 Å². The Kier molecular flexibility index (Phi) is 3.98. The van der Waals surface area contributed by atoms with E-state index in [1.54, 1.807) is 0 Å². The largest absolute Gasteiger partial charge is 0.382 e. The highest BCUT2D eigenvalue weighted by molar-refractivity contribution is 6.31. The molecule has 0 bridgehead atoms. The van der Waals surface area contributed by atoms with Crippen molar-refractivity contribution in [2.45, 2.75) is 46.1 Å². The summed E-state index contributed by atoms with van der Waals surface area (Å²) in [7, 11) is 0. The SMILES string of the molecule is Cc1ccc(NC2CCCC(C)C2C)cc1Cl. The van der Waals surface area contributed by atoms with Crippen LogP contribution in [-0.2, 0) is 0 Å². The quantitative estimate of drug-likeness (QED) is 0.790. The van der Waals surface area contributed by atoms with Crippen LogP contribution in [-0.4, -0.2) is 6.04 Å². The Balaban J connectivity index is 2.07. The molecule has 1 aliphatic carbocycles. The van der Waals surface area contributed by atoms with Crippen LogP contribution in [0.4, 0.5) is 5.69 Å². The van der Waals surface area contributed by atoms with Crippen LogP contribution in [0.3, 0.4) is 0 Å². The normalized spacial score (nSPS) is 29.1. The number of hydrogen-bond donors (Lipinski definition) is 1. The van der Waals surface area contributed by atoms with Crippen molar-refractivity contribution in [2.75, 3.05) is 5.32 Å². The molecular weight excluding hydrogens is 230 g/mol. The van der Waals surface area contributed by atoms with Gasteiger partial charge in [-0.05, 0) is 42.9 Å². The zero-order valence-corrected chi connectivity index (χ0v) is 11.7. The Hall–Kier alpha value is -0.690. The lowest BCUT2D eigenvalue weighted by atomic mass is 9.78. The highest BCUT2D eigenvalue weighted by Crippen LogP contribution is 2.32. The number of benzene rings is 1. The van der Waals surface area contributed by atoms with Gasteiger partial charge in [-0.2, -0.15) is 0 Å². The van der Waals surface area contributed by atoms with Gasteiger partial charge in [-0.3, -0.25) is 0 Å². The molecule has 0 spiro atoms. The van der Waals surface area contributed by atoms with Crippen molar-refractivity contribution in [3.05, 3.63) is 28.8 Å². The third kappa shape index (κ3) is 2.95. The van der Waals surface area contributed by atoms with E-state index in [1.807, 2.05) is 13.0 Å². The first-order chi connectivity index (χ1) is 8.08. The van der Waals surface area contributed by atoms with Crippen molar-refractivity contribution < 1.29 is 0 Å². The van der Waals surface area contributed by atoms with Crippen molar-refractivity contribution in [1.29, 1.82) is 0 Å². The van der Waals surface area contributed by atoms with Crippen molar-refractivity contribution in [3.63, 3.8) is 0 Å². The van der Waals surface area contributed by atoms with Gasteiger partial charge in [0.2, 0.25) is 0 Å². The number of hydrogen-bond acceptors (Lipinski definition) is 1. The van der Waals surface area contributed by atoms with Crippen LogP contribution >= 0.6 is 11.6 Å². The lowest BCUT2D eigenvalue weighted by Gasteiger charge is -2.35. The molecule has 1 nitrogen and oxygen atoms in total. The van der Waals surface area contributed by atoms with Crippen LogP contribution < -0.4 is 5.32 Å². The second kappa shape index (κ2) is 5.30. The molecule has 0 amide bonds. The molecule has 17 heavy (non-hydrogen) atoms. The second-order valence-corrected chi connectivity index (χ2v) is 5.89. The Bertz CT molecular complexity index is 389. The van der Waals surface area contributed by atoms with Gasteiger partial charge in [0.1, 0.15) is 0 Å². The van der Waals surface area contributed by atoms with E-state index in [1.165, 1.54) is 19.3 Å². The van der Waals surface area contributed by atoms with Crippen molar-refractivity contribution in [2.24, 2.45) is 11.8 Å². The summed E-state index contributed by atoms with van der Waals surface area (Å²) < 4.78 is 0. The first kappa shape index (κ1) is 12.8. The molecule has 2 rings (SSSR count). The lowest BCUT2D eigenvalue weighted by molar-refractivity contribution is 0.253. The number of anilines is 1.